The Morgan fingerprint density at radius 1 is 0.909 bits per heavy atom. The number of rotatable bonds is 5. The fraction of sp³-hybridized carbons (Fsp3) is 0.474. The van der Waals surface area contributed by atoms with Gasteiger partial charge in [0.2, 0.25) is 0 Å². The van der Waals surface area contributed by atoms with Crippen LogP contribution in [0.25, 0.3) is 0 Å². The van der Waals surface area contributed by atoms with Gasteiger partial charge in [0.15, 0.2) is 0 Å². The van der Waals surface area contributed by atoms with E-state index in [1.807, 2.05) is 6.07 Å². The number of amides is 2. The Balaban J connectivity index is 2.06. The number of hydrogen-bond acceptors (Lipinski definition) is 2. The van der Waals surface area contributed by atoms with Gasteiger partial charge in [0.1, 0.15) is 0 Å². The molecule has 1 aliphatic carbocycles. The van der Waals surface area contributed by atoms with Crippen molar-refractivity contribution in [2.45, 2.75) is 51.5 Å². The van der Waals surface area contributed by atoms with Crippen molar-refractivity contribution < 1.29 is 9.59 Å². The summed E-state index contributed by atoms with van der Waals surface area (Å²) in [6.45, 7) is 4.38. The minimum atomic E-state index is -0.164. The standard InChI is InChI=1S/C19H23NO2/c1-3-7-13-14-9-5-6-10-16(14)19(15(13)8-4-2)20-17(21)11-12-18(20)22/h5-6,9-13,15,19H,3-4,7-8H2,1-2H3/t13-,15+,19+/m1/s1. The molecule has 116 valence electrons. The monoisotopic (exact) mass is 297 g/mol. The van der Waals surface area contributed by atoms with Crippen molar-refractivity contribution in [1.82, 2.24) is 4.90 Å². The van der Waals surface area contributed by atoms with Gasteiger partial charge in [-0.05, 0) is 35.8 Å². The van der Waals surface area contributed by atoms with Crippen LogP contribution in [0, 0.1) is 5.92 Å². The molecule has 0 unspecified atom stereocenters. The molecule has 2 aliphatic rings. The number of hydrogen-bond donors (Lipinski definition) is 0. The molecular weight excluding hydrogens is 274 g/mol. The molecule has 1 aromatic carbocycles. The fourth-order valence-electron chi connectivity index (χ4n) is 4.19. The predicted molar refractivity (Wildman–Crippen MR) is 86.2 cm³/mol. The maximum absolute atomic E-state index is 12.2. The van der Waals surface area contributed by atoms with E-state index >= 15 is 0 Å². The molecule has 1 heterocycles. The lowest BCUT2D eigenvalue weighted by Gasteiger charge is -2.31. The van der Waals surface area contributed by atoms with E-state index < -0.39 is 0 Å². The Labute approximate surface area is 132 Å². The zero-order valence-electron chi connectivity index (χ0n) is 13.3. The van der Waals surface area contributed by atoms with Crippen molar-refractivity contribution in [3.05, 3.63) is 47.5 Å². The van der Waals surface area contributed by atoms with E-state index in [4.69, 9.17) is 0 Å². The molecule has 0 saturated carbocycles. The molecule has 0 N–H and O–H groups in total. The first-order chi connectivity index (χ1) is 10.7. The smallest absolute Gasteiger partial charge is 0.254 e. The zero-order valence-corrected chi connectivity index (χ0v) is 13.3. The van der Waals surface area contributed by atoms with Gasteiger partial charge in [-0.3, -0.25) is 14.5 Å². The van der Waals surface area contributed by atoms with Crippen LogP contribution in [0.1, 0.15) is 62.6 Å². The zero-order chi connectivity index (χ0) is 15.7. The number of carbonyl (C=O) groups is 2. The van der Waals surface area contributed by atoms with Crippen LogP contribution >= 0.6 is 0 Å². The van der Waals surface area contributed by atoms with Crippen molar-refractivity contribution in [2.75, 3.05) is 0 Å². The van der Waals surface area contributed by atoms with E-state index in [-0.39, 0.29) is 17.9 Å². The number of fused-ring (bicyclic) bond motifs is 1. The normalized spacial score (nSPS) is 26.8. The molecule has 0 radical (unpaired) electrons. The number of imide groups is 1. The molecule has 0 fully saturated rings. The molecule has 3 atom stereocenters. The van der Waals surface area contributed by atoms with Crippen LogP contribution < -0.4 is 0 Å². The molecule has 0 bridgehead atoms. The van der Waals surface area contributed by atoms with E-state index in [9.17, 15) is 9.59 Å². The van der Waals surface area contributed by atoms with E-state index in [0.717, 1.165) is 25.7 Å². The van der Waals surface area contributed by atoms with E-state index in [2.05, 4.69) is 32.0 Å². The number of nitrogens with zero attached hydrogens (tertiary/aromatic N) is 1. The summed E-state index contributed by atoms with van der Waals surface area (Å²) in [5, 5.41) is 0. The van der Waals surface area contributed by atoms with Gasteiger partial charge in [-0.25, -0.2) is 0 Å². The highest BCUT2D eigenvalue weighted by Gasteiger charge is 2.46. The molecule has 0 spiro atoms. The molecular formula is C19H23NO2. The third kappa shape index (κ3) is 2.29. The number of benzene rings is 1. The first-order valence-corrected chi connectivity index (χ1v) is 8.33. The average Bonchev–Trinajstić information content (AvgIpc) is 2.99. The van der Waals surface area contributed by atoms with Gasteiger partial charge in [0.25, 0.3) is 11.8 Å². The Morgan fingerprint density at radius 2 is 1.50 bits per heavy atom. The quantitative estimate of drug-likeness (QED) is 0.771. The lowest BCUT2D eigenvalue weighted by molar-refractivity contribution is -0.141. The van der Waals surface area contributed by atoms with Gasteiger partial charge in [-0.2, -0.15) is 0 Å². The molecule has 3 nitrogen and oxygen atoms in total. The summed E-state index contributed by atoms with van der Waals surface area (Å²) in [6, 6.07) is 8.26. The minimum Gasteiger partial charge on any atom is -0.269 e. The fourth-order valence-corrected chi connectivity index (χ4v) is 4.19. The molecule has 0 saturated heterocycles. The van der Waals surface area contributed by atoms with Gasteiger partial charge in [0.05, 0.1) is 6.04 Å². The lowest BCUT2D eigenvalue weighted by Crippen LogP contribution is -2.37. The van der Waals surface area contributed by atoms with Crippen LogP contribution in [0.5, 0.6) is 0 Å². The van der Waals surface area contributed by atoms with Crippen molar-refractivity contribution in [1.29, 1.82) is 0 Å². The topological polar surface area (TPSA) is 37.4 Å². The minimum absolute atomic E-state index is 0.0947. The highest BCUT2D eigenvalue weighted by molar-refractivity contribution is 6.13. The molecule has 22 heavy (non-hydrogen) atoms. The summed E-state index contributed by atoms with van der Waals surface area (Å²) in [6.07, 6.45) is 7.15. The summed E-state index contributed by atoms with van der Waals surface area (Å²) in [4.78, 5) is 25.9. The van der Waals surface area contributed by atoms with Crippen LogP contribution in [0.4, 0.5) is 0 Å². The first kappa shape index (κ1) is 15.0. The van der Waals surface area contributed by atoms with Gasteiger partial charge in [0, 0.05) is 12.2 Å². The molecule has 1 aromatic rings. The van der Waals surface area contributed by atoms with E-state index in [1.165, 1.54) is 28.2 Å². The molecule has 1 aliphatic heterocycles. The summed E-state index contributed by atoms with van der Waals surface area (Å²) in [5.74, 6) is 0.466. The SMILES string of the molecule is CCC[C@H]1[C@H](CCC)c2ccccc2[C@H]1N1C(=O)C=CC1=O. The van der Waals surface area contributed by atoms with Crippen molar-refractivity contribution in [3.63, 3.8) is 0 Å². The Kier molecular flexibility index (Phi) is 4.14. The van der Waals surface area contributed by atoms with E-state index in [0.29, 0.717) is 11.8 Å². The molecule has 2 amide bonds. The van der Waals surface area contributed by atoms with Crippen molar-refractivity contribution in [3.8, 4) is 0 Å². The maximum Gasteiger partial charge on any atom is 0.254 e. The third-order valence-electron chi connectivity index (χ3n) is 4.98. The van der Waals surface area contributed by atoms with Crippen molar-refractivity contribution in [2.24, 2.45) is 5.92 Å². The largest absolute Gasteiger partial charge is 0.269 e. The Hall–Kier alpha value is -1.90. The highest BCUT2D eigenvalue weighted by Crippen LogP contribution is 2.52. The van der Waals surface area contributed by atoms with E-state index in [1.54, 1.807) is 0 Å². The van der Waals surface area contributed by atoms with Gasteiger partial charge in [-0.1, -0.05) is 51.0 Å². The van der Waals surface area contributed by atoms with Gasteiger partial charge < -0.3 is 0 Å². The summed E-state index contributed by atoms with van der Waals surface area (Å²) in [7, 11) is 0. The Bertz CT molecular complexity index is 602. The van der Waals surface area contributed by atoms with Crippen LogP contribution in [0.3, 0.4) is 0 Å². The summed E-state index contributed by atoms with van der Waals surface area (Å²) in [5.41, 5.74) is 2.50. The van der Waals surface area contributed by atoms with Crippen LogP contribution in [0.2, 0.25) is 0 Å². The maximum atomic E-state index is 12.2. The van der Waals surface area contributed by atoms with Crippen LogP contribution in [-0.2, 0) is 9.59 Å². The molecule has 0 aromatic heterocycles. The molecule has 3 heteroatoms. The summed E-state index contributed by atoms with van der Waals surface area (Å²) < 4.78 is 0. The highest BCUT2D eigenvalue weighted by atomic mass is 16.2. The second-order valence-corrected chi connectivity index (χ2v) is 6.30. The number of carbonyl (C=O) groups excluding carboxylic acids is 2. The van der Waals surface area contributed by atoms with Gasteiger partial charge in [-0.15, -0.1) is 0 Å². The van der Waals surface area contributed by atoms with Gasteiger partial charge >= 0.3 is 0 Å². The Morgan fingerprint density at radius 3 is 2.09 bits per heavy atom. The second kappa shape index (κ2) is 6.07. The van der Waals surface area contributed by atoms with Crippen molar-refractivity contribution >= 4 is 11.8 Å². The van der Waals surface area contributed by atoms with Crippen LogP contribution in [0.15, 0.2) is 36.4 Å². The first-order valence-electron chi connectivity index (χ1n) is 8.33. The second-order valence-electron chi connectivity index (χ2n) is 6.30. The predicted octanol–water partition coefficient (Wildman–Crippen LogP) is 3.97. The average molecular weight is 297 g/mol. The van der Waals surface area contributed by atoms with Crippen LogP contribution in [-0.4, -0.2) is 16.7 Å². The third-order valence-corrected chi connectivity index (χ3v) is 4.98. The summed E-state index contributed by atoms with van der Waals surface area (Å²) >= 11 is 0. The molecule has 3 rings (SSSR count). The lowest BCUT2D eigenvalue weighted by atomic mass is 9.83.